The van der Waals surface area contributed by atoms with Crippen LogP contribution in [0.4, 0.5) is 0 Å². The van der Waals surface area contributed by atoms with Gasteiger partial charge in [-0.15, -0.1) is 0 Å². The van der Waals surface area contributed by atoms with Gasteiger partial charge < -0.3 is 9.47 Å². The first-order valence-electron chi connectivity index (χ1n) is 16.0. The first-order chi connectivity index (χ1) is 20.8. The van der Waals surface area contributed by atoms with E-state index in [1.54, 1.807) is 5.19 Å². The van der Waals surface area contributed by atoms with Gasteiger partial charge in [-0.05, 0) is 23.6 Å². The van der Waals surface area contributed by atoms with Crippen LogP contribution in [0.5, 0.6) is 0 Å². The molecule has 2 saturated heterocycles. The third-order valence-corrected chi connectivity index (χ3v) is 17.7. The standard InChI is InChI=1S/C38H47NO2Si2/c1-42(2,32-21-13-7-14-22-32)29-34-38(43(3,4)33-23-15-8-16-24-33)37(41-28-31-19-11-6-12-20-31)36-35(25-26-39(34)36)40-27-30-17-9-5-10-18-30/h5-24,34-38H,25-29H2,1-4H3/t34-,35+,36?,37-,38-/m1/s1. The molecule has 2 fully saturated rings. The number of nitrogens with zero attached hydrogens (tertiary/aromatic N) is 1. The molecule has 224 valence electrons. The summed E-state index contributed by atoms with van der Waals surface area (Å²) in [6.07, 6.45) is 1.35. The van der Waals surface area contributed by atoms with E-state index in [0.29, 0.717) is 24.8 Å². The lowest BCUT2D eigenvalue weighted by atomic mass is 10.0. The Morgan fingerprint density at radius 1 is 0.628 bits per heavy atom. The van der Waals surface area contributed by atoms with Gasteiger partial charge in [-0.2, -0.15) is 0 Å². The molecule has 1 unspecified atom stereocenters. The maximum absolute atomic E-state index is 7.18. The van der Waals surface area contributed by atoms with Crippen LogP contribution in [0, 0.1) is 0 Å². The van der Waals surface area contributed by atoms with Crippen LogP contribution in [-0.4, -0.2) is 51.9 Å². The largest absolute Gasteiger partial charge is 0.372 e. The molecule has 0 aliphatic carbocycles. The normalized spacial score (nSPS) is 24.2. The third kappa shape index (κ3) is 6.52. The zero-order valence-electron chi connectivity index (χ0n) is 26.2. The topological polar surface area (TPSA) is 21.7 Å². The highest BCUT2D eigenvalue weighted by atomic mass is 28.3. The fourth-order valence-electron chi connectivity index (χ4n) is 7.89. The van der Waals surface area contributed by atoms with Gasteiger partial charge in [-0.1, -0.05) is 158 Å². The predicted molar refractivity (Wildman–Crippen MR) is 185 cm³/mol. The maximum atomic E-state index is 7.18. The predicted octanol–water partition coefficient (Wildman–Crippen LogP) is 7.22. The Labute approximate surface area is 260 Å². The lowest BCUT2D eigenvalue weighted by Crippen LogP contribution is -2.56. The average molecular weight is 606 g/mol. The Hall–Kier alpha value is -2.81. The molecule has 2 aliphatic rings. The molecule has 2 heterocycles. The van der Waals surface area contributed by atoms with Crippen molar-refractivity contribution in [2.24, 2.45) is 0 Å². The van der Waals surface area contributed by atoms with E-state index >= 15 is 0 Å². The highest BCUT2D eigenvalue weighted by molar-refractivity contribution is 6.92. The Morgan fingerprint density at radius 2 is 1.12 bits per heavy atom. The number of hydrogen-bond acceptors (Lipinski definition) is 3. The summed E-state index contributed by atoms with van der Waals surface area (Å²) < 4.78 is 14.0. The van der Waals surface area contributed by atoms with Gasteiger partial charge in [0.2, 0.25) is 0 Å². The number of benzene rings is 4. The Kier molecular flexibility index (Phi) is 9.17. The molecule has 2 aliphatic heterocycles. The van der Waals surface area contributed by atoms with Gasteiger partial charge in [0, 0.05) is 18.1 Å². The van der Waals surface area contributed by atoms with Gasteiger partial charge >= 0.3 is 0 Å². The van der Waals surface area contributed by atoms with Crippen molar-refractivity contribution in [3.63, 3.8) is 0 Å². The Morgan fingerprint density at radius 3 is 1.67 bits per heavy atom. The number of ether oxygens (including phenoxy) is 2. The molecule has 0 spiro atoms. The molecule has 5 atom stereocenters. The molecular weight excluding hydrogens is 559 g/mol. The van der Waals surface area contributed by atoms with Crippen molar-refractivity contribution in [1.29, 1.82) is 0 Å². The molecule has 4 aromatic carbocycles. The minimum absolute atomic E-state index is 0.121. The van der Waals surface area contributed by atoms with Crippen LogP contribution in [-0.2, 0) is 22.7 Å². The van der Waals surface area contributed by atoms with Crippen molar-refractivity contribution in [3.05, 3.63) is 132 Å². The SMILES string of the molecule is C[Si](C)(C[C@@H]1[C@@H]([Si](C)(C)c2ccccc2)[C@H](OCc2ccccc2)C2[C@@H](OCc3ccccc3)CCN21)c1ccccc1. The fourth-order valence-corrected chi connectivity index (χ4v) is 14.8. The van der Waals surface area contributed by atoms with E-state index in [2.05, 4.69) is 152 Å². The lowest BCUT2D eigenvalue weighted by Gasteiger charge is -2.41. The molecule has 5 heteroatoms. The van der Waals surface area contributed by atoms with E-state index in [0.717, 1.165) is 13.0 Å². The molecule has 43 heavy (non-hydrogen) atoms. The molecule has 4 aromatic rings. The molecule has 0 radical (unpaired) electrons. The minimum atomic E-state index is -1.99. The Bertz CT molecular complexity index is 1430. The summed E-state index contributed by atoms with van der Waals surface area (Å²) in [6.45, 7) is 12.7. The minimum Gasteiger partial charge on any atom is -0.372 e. The summed E-state index contributed by atoms with van der Waals surface area (Å²) in [5, 5.41) is 3.08. The van der Waals surface area contributed by atoms with E-state index in [1.165, 1.54) is 22.4 Å². The highest BCUT2D eigenvalue weighted by Crippen LogP contribution is 2.50. The van der Waals surface area contributed by atoms with Crippen LogP contribution in [0.2, 0.25) is 37.8 Å². The smallest absolute Gasteiger partial charge is 0.0880 e. The molecular formula is C38H47NO2Si2. The van der Waals surface area contributed by atoms with Crippen molar-refractivity contribution >= 4 is 26.5 Å². The van der Waals surface area contributed by atoms with Crippen molar-refractivity contribution < 1.29 is 9.47 Å². The van der Waals surface area contributed by atoms with Crippen molar-refractivity contribution in [1.82, 2.24) is 4.90 Å². The van der Waals surface area contributed by atoms with Gasteiger partial charge in [0.15, 0.2) is 0 Å². The summed E-state index contributed by atoms with van der Waals surface area (Å²) >= 11 is 0. The van der Waals surface area contributed by atoms with Gasteiger partial charge in [-0.25, -0.2) is 0 Å². The third-order valence-electron chi connectivity index (χ3n) is 10.2. The first kappa shape index (κ1) is 30.2. The van der Waals surface area contributed by atoms with E-state index in [1.807, 2.05) is 0 Å². The zero-order chi connectivity index (χ0) is 29.9. The van der Waals surface area contributed by atoms with Gasteiger partial charge in [0.25, 0.3) is 0 Å². The highest BCUT2D eigenvalue weighted by Gasteiger charge is 2.60. The second kappa shape index (κ2) is 13.0. The van der Waals surface area contributed by atoms with Gasteiger partial charge in [-0.3, -0.25) is 4.90 Å². The van der Waals surface area contributed by atoms with Crippen LogP contribution < -0.4 is 10.4 Å². The van der Waals surface area contributed by atoms with Crippen molar-refractivity contribution in [2.75, 3.05) is 6.54 Å². The van der Waals surface area contributed by atoms with Gasteiger partial charge in [0.1, 0.15) is 0 Å². The van der Waals surface area contributed by atoms with E-state index < -0.39 is 16.1 Å². The molecule has 0 bridgehead atoms. The second-order valence-electron chi connectivity index (χ2n) is 13.7. The maximum Gasteiger partial charge on any atom is 0.0880 e. The number of rotatable bonds is 11. The average Bonchev–Trinajstić information content (AvgIpc) is 3.59. The molecule has 0 saturated carbocycles. The summed E-state index contributed by atoms with van der Waals surface area (Å²) in [7, 11) is -3.75. The van der Waals surface area contributed by atoms with Crippen molar-refractivity contribution in [2.45, 2.75) is 81.7 Å². The van der Waals surface area contributed by atoms with Crippen LogP contribution in [0.25, 0.3) is 0 Å². The summed E-state index contributed by atoms with van der Waals surface area (Å²) in [6, 6.07) is 46.0. The quantitative estimate of drug-likeness (QED) is 0.169. The molecule has 0 amide bonds. The Balaban J connectivity index is 1.38. The molecule has 0 aromatic heterocycles. The summed E-state index contributed by atoms with van der Waals surface area (Å²) in [5.41, 5.74) is 2.95. The molecule has 0 N–H and O–H groups in total. The van der Waals surface area contributed by atoms with E-state index in [-0.39, 0.29) is 18.2 Å². The van der Waals surface area contributed by atoms with E-state index in [9.17, 15) is 0 Å². The zero-order valence-corrected chi connectivity index (χ0v) is 28.2. The first-order valence-corrected chi connectivity index (χ1v) is 22.3. The summed E-state index contributed by atoms with van der Waals surface area (Å²) in [5.74, 6) is 0. The lowest BCUT2D eigenvalue weighted by molar-refractivity contribution is -0.0417. The summed E-state index contributed by atoms with van der Waals surface area (Å²) in [4.78, 5) is 2.85. The monoisotopic (exact) mass is 605 g/mol. The number of hydrogen-bond donors (Lipinski definition) is 0. The van der Waals surface area contributed by atoms with Crippen molar-refractivity contribution in [3.8, 4) is 0 Å². The van der Waals surface area contributed by atoms with Gasteiger partial charge in [0.05, 0.1) is 47.6 Å². The molecule has 6 rings (SSSR count). The van der Waals surface area contributed by atoms with Crippen LogP contribution in [0.3, 0.4) is 0 Å². The van der Waals surface area contributed by atoms with E-state index in [4.69, 9.17) is 9.47 Å². The van der Waals surface area contributed by atoms with Crippen LogP contribution in [0.1, 0.15) is 17.5 Å². The fraction of sp³-hybridized carbons (Fsp3) is 0.368. The van der Waals surface area contributed by atoms with Crippen LogP contribution >= 0.6 is 0 Å². The number of fused-ring (bicyclic) bond motifs is 1. The molecule has 3 nitrogen and oxygen atoms in total. The van der Waals surface area contributed by atoms with Crippen LogP contribution in [0.15, 0.2) is 121 Å². The second-order valence-corrected chi connectivity index (χ2v) is 23.2.